The van der Waals surface area contributed by atoms with Crippen LogP contribution >= 0.6 is 11.6 Å². The van der Waals surface area contributed by atoms with E-state index in [0.29, 0.717) is 50.8 Å². The highest BCUT2D eigenvalue weighted by Gasteiger charge is 2.34. The van der Waals surface area contributed by atoms with Crippen LogP contribution in [0.4, 0.5) is 9.59 Å². The summed E-state index contributed by atoms with van der Waals surface area (Å²) in [7, 11) is 0. The van der Waals surface area contributed by atoms with Crippen LogP contribution in [-0.4, -0.2) is 63.8 Å². The second kappa shape index (κ2) is 13.6. The average molecular weight is 642 g/mol. The summed E-state index contributed by atoms with van der Waals surface area (Å²) < 4.78 is 11.6. The molecule has 0 saturated carbocycles. The highest BCUT2D eigenvalue weighted by Crippen LogP contribution is 2.44. The normalized spacial score (nSPS) is 19.8. The third kappa shape index (κ3) is 6.38. The summed E-state index contributed by atoms with van der Waals surface area (Å²) in [5.41, 5.74) is 5.78. The molecule has 46 heavy (non-hydrogen) atoms. The molecule has 0 unspecified atom stereocenters. The third-order valence-electron chi connectivity index (χ3n) is 9.31. The number of carbonyl (C=O) groups is 2. The molecule has 2 amide bonds. The summed E-state index contributed by atoms with van der Waals surface area (Å²) in [5.74, 6) is 1.30. The van der Waals surface area contributed by atoms with Crippen LogP contribution in [0, 0.1) is 0 Å². The van der Waals surface area contributed by atoms with Crippen molar-refractivity contribution in [2.45, 2.75) is 56.2 Å². The van der Waals surface area contributed by atoms with E-state index in [1.54, 1.807) is 4.90 Å². The molecule has 0 spiro atoms. The first-order chi connectivity index (χ1) is 22.5. The summed E-state index contributed by atoms with van der Waals surface area (Å²) in [6.45, 7) is 2.18. The summed E-state index contributed by atoms with van der Waals surface area (Å²) in [6.07, 6.45) is 2.52. The van der Waals surface area contributed by atoms with E-state index in [-0.39, 0.29) is 36.6 Å². The topological polar surface area (TPSA) is 110 Å². The fourth-order valence-corrected chi connectivity index (χ4v) is 7.02. The number of amides is 2. The van der Waals surface area contributed by atoms with Crippen molar-refractivity contribution in [1.29, 1.82) is 0 Å². The van der Waals surface area contributed by atoms with E-state index < -0.39 is 5.37 Å². The summed E-state index contributed by atoms with van der Waals surface area (Å²) in [4.78, 5) is 37.4. The first-order valence-corrected chi connectivity index (χ1v) is 16.2. The van der Waals surface area contributed by atoms with Crippen molar-refractivity contribution in [3.05, 3.63) is 107 Å². The van der Waals surface area contributed by atoms with Gasteiger partial charge in [-0.25, -0.2) is 9.86 Å². The molecule has 4 aromatic rings. The van der Waals surface area contributed by atoms with Gasteiger partial charge in [-0.15, -0.1) is 0 Å². The standard InChI is InChI=1S/C35H36ClN5O5/c36-34(42)41(45-21-23-8-2-1-3-9-23)25-14-15-31(37-20-25)32-38-33(46-39-32)24-16-18-40(19-17-24)35(43)44-22-30-28-12-6-4-10-26(28)27-11-5-7-13-29(27)30/h1-13,24-25,30-31,37H,14-22H2/t25-,31+/m1/s1. The molecule has 2 fully saturated rings. The number of benzene rings is 3. The lowest BCUT2D eigenvalue weighted by atomic mass is 9.96. The fourth-order valence-electron chi connectivity index (χ4n) is 6.83. The second-order valence-corrected chi connectivity index (χ2v) is 12.4. The molecule has 1 aromatic heterocycles. The largest absolute Gasteiger partial charge is 0.448 e. The highest BCUT2D eigenvalue weighted by atomic mass is 35.5. The minimum atomic E-state index is -0.646. The molecule has 3 aliphatic rings. The van der Waals surface area contributed by atoms with Gasteiger partial charge >= 0.3 is 11.5 Å². The number of halogens is 1. The van der Waals surface area contributed by atoms with E-state index in [9.17, 15) is 9.59 Å². The molecule has 238 valence electrons. The fraction of sp³-hybridized carbons (Fsp3) is 0.371. The van der Waals surface area contributed by atoms with Crippen molar-refractivity contribution in [2.24, 2.45) is 0 Å². The Hall–Kier alpha value is -4.25. The molecule has 2 atom stereocenters. The Balaban J connectivity index is 0.884. The van der Waals surface area contributed by atoms with Gasteiger partial charge in [0.15, 0.2) is 5.82 Å². The van der Waals surface area contributed by atoms with Crippen molar-refractivity contribution in [3.8, 4) is 11.1 Å². The maximum atomic E-state index is 13.1. The lowest BCUT2D eigenvalue weighted by Gasteiger charge is -2.34. The Kier molecular flexibility index (Phi) is 9.00. The lowest BCUT2D eigenvalue weighted by molar-refractivity contribution is -0.152. The minimum absolute atomic E-state index is 0.0368. The van der Waals surface area contributed by atoms with Gasteiger partial charge in [-0.3, -0.25) is 9.63 Å². The highest BCUT2D eigenvalue weighted by molar-refractivity contribution is 6.62. The number of nitrogens with one attached hydrogen (secondary N) is 1. The van der Waals surface area contributed by atoms with Gasteiger partial charge in [0.2, 0.25) is 5.89 Å². The number of fused-ring (bicyclic) bond motifs is 3. The quantitative estimate of drug-likeness (QED) is 0.127. The molecule has 2 saturated heterocycles. The Morgan fingerprint density at radius 1 is 0.913 bits per heavy atom. The molecule has 1 aliphatic carbocycles. The van der Waals surface area contributed by atoms with Crippen molar-refractivity contribution in [2.75, 3.05) is 26.2 Å². The molecular formula is C35H36ClN5O5. The Bertz CT molecular complexity index is 1620. The Morgan fingerprint density at radius 2 is 1.59 bits per heavy atom. The van der Waals surface area contributed by atoms with Gasteiger partial charge in [-0.05, 0) is 65.1 Å². The van der Waals surface area contributed by atoms with Crippen LogP contribution < -0.4 is 5.32 Å². The summed E-state index contributed by atoms with van der Waals surface area (Å²) in [6, 6.07) is 26.0. The van der Waals surface area contributed by atoms with E-state index in [2.05, 4.69) is 34.7 Å². The van der Waals surface area contributed by atoms with Crippen LogP contribution in [0.15, 0.2) is 83.4 Å². The Labute approximate surface area is 272 Å². The molecule has 10 nitrogen and oxygen atoms in total. The van der Waals surface area contributed by atoms with Gasteiger partial charge in [-0.2, -0.15) is 4.98 Å². The average Bonchev–Trinajstić information content (AvgIpc) is 3.72. The number of hydrogen-bond donors (Lipinski definition) is 1. The lowest BCUT2D eigenvalue weighted by Crippen LogP contribution is -2.48. The van der Waals surface area contributed by atoms with E-state index in [1.807, 2.05) is 54.6 Å². The Morgan fingerprint density at radius 3 is 2.24 bits per heavy atom. The van der Waals surface area contributed by atoms with Crippen molar-refractivity contribution >= 4 is 23.1 Å². The van der Waals surface area contributed by atoms with Gasteiger partial charge < -0.3 is 19.5 Å². The number of piperidine rings is 2. The minimum Gasteiger partial charge on any atom is -0.448 e. The van der Waals surface area contributed by atoms with Crippen LogP contribution in [0.5, 0.6) is 0 Å². The maximum Gasteiger partial charge on any atom is 0.409 e. The van der Waals surface area contributed by atoms with Crippen molar-refractivity contribution < 1.29 is 23.7 Å². The number of ether oxygens (including phenoxy) is 1. The van der Waals surface area contributed by atoms with Crippen LogP contribution in [0.3, 0.4) is 0 Å². The predicted molar refractivity (Wildman–Crippen MR) is 171 cm³/mol. The number of aromatic nitrogens is 2. The SMILES string of the molecule is O=C(OCC1c2ccccc2-c2ccccc21)N1CCC(c2nc([C@@H]3CC[C@@H](N(OCc4ccccc4)C(=O)Cl)CN3)no2)CC1. The van der Waals surface area contributed by atoms with Crippen LogP contribution in [-0.2, 0) is 16.2 Å². The molecule has 7 rings (SSSR count). The molecule has 0 radical (unpaired) electrons. The number of carbonyl (C=O) groups excluding carboxylic acids is 2. The second-order valence-electron chi connectivity index (χ2n) is 12.1. The molecule has 3 heterocycles. The zero-order valence-electron chi connectivity index (χ0n) is 25.4. The van der Waals surface area contributed by atoms with Gasteiger partial charge in [0.1, 0.15) is 13.2 Å². The molecule has 11 heteroatoms. The van der Waals surface area contributed by atoms with Gasteiger partial charge in [-0.1, -0.05) is 84.0 Å². The zero-order valence-corrected chi connectivity index (χ0v) is 26.1. The van der Waals surface area contributed by atoms with E-state index >= 15 is 0 Å². The molecule has 1 N–H and O–H groups in total. The number of likely N-dealkylation sites (tertiary alicyclic amines) is 1. The van der Waals surface area contributed by atoms with Gasteiger partial charge in [0, 0.05) is 31.5 Å². The van der Waals surface area contributed by atoms with E-state index in [4.69, 9.17) is 30.7 Å². The number of nitrogens with zero attached hydrogens (tertiary/aromatic N) is 4. The van der Waals surface area contributed by atoms with Gasteiger partial charge in [0.05, 0.1) is 12.1 Å². The number of hydrogen-bond acceptors (Lipinski definition) is 8. The van der Waals surface area contributed by atoms with E-state index in [0.717, 1.165) is 18.4 Å². The first-order valence-electron chi connectivity index (χ1n) is 15.9. The van der Waals surface area contributed by atoms with Gasteiger partial charge in [0.25, 0.3) is 0 Å². The number of hydroxylamine groups is 2. The molecule has 0 bridgehead atoms. The number of rotatable bonds is 8. The summed E-state index contributed by atoms with van der Waals surface area (Å²) in [5, 5.41) is 8.30. The smallest absolute Gasteiger partial charge is 0.409 e. The van der Waals surface area contributed by atoms with Crippen LogP contribution in [0.1, 0.15) is 72.0 Å². The maximum absolute atomic E-state index is 13.1. The summed E-state index contributed by atoms with van der Waals surface area (Å²) >= 11 is 5.86. The van der Waals surface area contributed by atoms with Crippen molar-refractivity contribution in [1.82, 2.24) is 25.4 Å². The van der Waals surface area contributed by atoms with Crippen LogP contribution in [0.25, 0.3) is 11.1 Å². The van der Waals surface area contributed by atoms with E-state index in [1.165, 1.54) is 27.3 Å². The van der Waals surface area contributed by atoms with Crippen LogP contribution in [0.2, 0.25) is 0 Å². The molecule has 3 aromatic carbocycles. The molecular weight excluding hydrogens is 606 g/mol. The predicted octanol–water partition coefficient (Wildman–Crippen LogP) is 6.78. The monoisotopic (exact) mass is 641 g/mol. The van der Waals surface area contributed by atoms with Crippen molar-refractivity contribution in [3.63, 3.8) is 0 Å². The first kappa shape index (κ1) is 30.4. The molecule has 2 aliphatic heterocycles. The zero-order chi connectivity index (χ0) is 31.5. The third-order valence-corrected chi connectivity index (χ3v) is 9.48.